The molecule has 0 amide bonds. The molecule has 0 aliphatic rings. The van der Waals surface area contributed by atoms with E-state index in [0.717, 1.165) is 16.8 Å². The van der Waals surface area contributed by atoms with Crippen LogP contribution >= 0.6 is 11.3 Å². The Hall–Kier alpha value is -3.26. The first-order valence-corrected chi connectivity index (χ1v) is 8.86. The molecule has 8 heteroatoms. The summed E-state index contributed by atoms with van der Waals surface area (Å²) >= 11 is 1.44. The summed E-state index contributed by atoms with van der Waals surface area (Å²) in [6.45, 7) is 0. The third-order valence-electron chi connectivity index (χ3n) is 3.76. The first-order valence-electron chi connectivity index (χ1n) is 7.98. The van der Waals surface area contributed by atoms with Gasteiger partial charge in [-0.1, -0.05) is 0 Å². The molecule has 0 saturated carbocycles. The minimum Gasteiger partial charge on any atom is -0.504 e. The predicted molar refractivity (Wildman–Crippen MR) is 107 cm³/mol. The molecule has 7 nitrogen and oxygen atoms in total. The molecular weight excluding hydrogens is 366 g/mol. The van der Waals surface area contributed by atoms with Gasteiger partial charge in [-0.25, -0.2) is 4.98 Å². The molecule has 0 aliphatic heterocycles. The number of hydrogen-bond donors (Lipinski definition) is 2. The van der Waals surface area contributed by atoms with Crippen molar-refractivity contribution < 1.29 is 19.3 Å². The Kier molecular flexibility index (Phi) is 5.77. The molecule has 0 bridgehead atoms. The normalized spacial score (nSPS) is 10.8. The van der Waals surface area contributed by atoms with Gasteiger partial charge in [0.1, 0.15) is 0 Å². The number of hydrogen-bond acceptors (Lipinski definition) is 8. The second kappa shape index (κ2) is 8.41. The molecule has 2 N–H and O–H groups in total. The monoisotopic (exact) mass is 385 g/mol. The maximum atomic E-state index is 9.61. The number of nitrogens with zero attached hydrogens (tertiary/aromatic N) is 2. The van der Waals surface area contributed by atoms with E-state index >= 15 is 0 Å². The molecule has 0 saturated heterocycles. The number of phenolic OH excluding ortho intramolecular Hbond substituents is 1. The van der Waals surface area contributed by atoms with Crippen LogP contribution in [0, 0.1) is 0 Å². The van der Waals surface area contributed by atoms with Crippen molar-refractivity contribution in [3.05, 3.63) is 47.3 Å². The average Bonchev–Trinajstić information content (AvgIpc) is 3.17. The topological polar surface area (TPSA) is 85.2 Å². The van der Waals surface area contributed by atoms with Crippen LogP contribution in [0.25, 0.3) is 11.3 Å². The Balaban J connectivity index is 1.71. The summed E-state index contributed by atoms with van der Waals surface area (Å²) in [5, 5.41) is 16.4. The van der Waals surface area contributed by atoms with Gasteiger partial charge in [0.05, 0.1) is 33.2 Å². The largest absolute Gasteiger partial charge is 0.504 e. The smallest absolute Gasteiger partial charge is 0.203 e. The number of ether oxygens (including phenoxy) is 3. The van der Waals surface area contributed by atoms with E-state index in [-0.39, 0.29) is 5.75 Å². The Morgan fingerprint density at radius 1 is 1.00 bits per heavy atom. The summed E-state index contributed by atoms with van der Waals surface area (Å²) < 4.78 is 15.7. The Bertz CT molecular complexity index is 956. The minimum absolute atomic E-state index is 0.0853. The van der Waals surface area contributed by atoms with E-state index in [1.54, 1.807) is 38.6 Å². The number of rotatable bonds is 7. The van der Waals surface area contributed by atoms with Crippen LogP contribution in [0.2, 0.25) is 0 Å². The van der Waals surface area contributed by atoms with Crippen LogP contribution in [0.1, 0.15) is 5.56 Å². The minimum atomic E-state index is 0.0853. The van der Waals surface area contributed by atoms with Crippen molar-refractivity contribution >= 4 is 22.7 Å². The van der Waals surface area contributed by atoms with E-state index in [9.17, 15) is 5.11 Å². The van der Waals surface area contributed by atoms with Crippen LogP contribution < -0.4 is 19.6 Å². The summed E-state index contributed by atoms with van der Waals surface area (Å²) in [5.74, 6) is 1.80. The number of phenols is 1. The maximum absolute atomic E-state index is 9.61. The SMILES string of the molecule is COc1cc(/C=N\Nc2nc(-c3ccc(OC)c(OC)c3)cs2)ccc1O. The Morgan fingerprint density at radius 2 is 1.78 bits per heavy atom. The molecule has 0 fully saturated rings. The number of benzene rings is 2. The quantitative estimate of drug-likeness (QED) is 0.473. The molecule has 0 unspecified atom stereocenters. The van der Waals surface area contributed by atoms with Gasteiger partial charge in [0.15, 0.2) is 23.0 Å². The second-order valence-electron chi connectivity index (χ2n) is 5.41. The van der Waals surface area contributed by atoms with Gasteiger partial charge in [-0.2, -0.15) is 5.10 Å². The van der Waals surface area contributed by atoms with Crippen molar-refractivity contribution in [2.24, 2.45) is 5.10 Å². The fraction of sp³-hybridized carbons (Fsp3) is 0.158. The van der Waals surface area contributed by atoms with E-state index in [0.29, 0.717) is 22.4 Å². The van der Waals surface area contributed by atoms with E-state index < -0.39 is 0 Å². The molecule has 1 aromatic heterocycles. The number of hydrazone groups is 1. The molecule has 27 heavy (non-hydrogen) atoms. The molecule has 3 rings (SSSR count). The van der Waals surface area contributed by atoms with Crippen LogP contribution in [0.4, 0.5) is 5.13 Å². The van der Waals surface area contributed by atoms with Gasteiger partial charge >= 0.3 is 0 Å². The third kappa shape index (κ3) is 4.29. The van der Waals surface area contributed by atoms with Crippen molar-refractivity contribution in [1.29, 1.82) is 0 Å². The lowest BCUT2D eigenvalue weighted by atomic mass is 10.1. The van der Waals surface area contributed by atoms with Crippen molar-refractivity contribution in [3.8, 4) is 34.3 Å². The standard InChI is InChI=1S/C19H19N3O4S/c1-24-16-7-5-13(9-18(16)26-3)14-11-27-19(21-14)22-20-10-12-4-6-15(23)17(8-12)25-2/h4-11,23H,1-3H3,(H,21,22)/b20-10-. The van der Waals surface area contributed by atoms with Gasteiger partial charge in [-0.15, -0.1) is 11.3 Å². The fourth-order valence-electron chi connectivity index (χ4n) is 2.39. The number of nitrogens with one attached hydrogen (secondary N) is 1. The second-order valence-corrected chi connectivity index (χ2v) is 6.27. The molecule has 0 aliphatic carbocycles. The lowest BCUT2D eigenvalue weighted by molar-refractivity contribution is 0.355. The molecule has 0 spiro atoms. The molecule has 140 valence electrons. The highest BCUT2D eigenvalue weighted by Crippen LogP contribution is 2.33. The number of thiazole rings is 1. The lowest BCUT2D eigenvalue weighted by Gasteiger charge is -2.08. The van der Waals surface area contributed by atoms with Crippen LogP contribution in [0.15, 0.2) is 46.9 Å². The van der Waals surface area contributed by atoms with Crippen LogP contribution in [0.5, 0.6) is 23.0 Å². The summed E-state index contributed by atoms with van der Waals surface area (Å²) in [7, 11) is 4.70. The molecule has 0 atom stereocenters. The summed E-state index contributed by atoms with van der Waals surface area (Å²) in [6.07, 6.45) is 1.62. The van der Waals surface area contributed by atoms with Crippen molar-refractivity contribution in [2.75, 3.05) is 26.8 Å². The van der Waals surface area contributed by atoms with Crippen molar-refractivity contribution in [3.63, 3.8) is 0 Å². The zero-order chi connectivity index (χ0) is 19.2. The molecule has 3 aromatic rings. The molecule has 0 radical (unpaired) electrons. The number of anilines is 1. The van der Waals surface area contributed by atoms with Crippen LogP contribution in [0.3, 0.4) is 0 Å². The van der Waals surface area contributed by atoms with E-state index in [1.807, 2.05) is 23.6 Å². The lowest BCUT2D eigenvalue weighted by Crippen LogP contribution is -1.92. The highest BCUT2D eigenvalue weighted by molar-refractivity contribution is 7.14. The van der Waals surface area contributed by atoms with E-state index in [2.05, 4.69) is 15.5 Å². The van der Waals surface area contributed by atoms with Crippen LogP contribution in [-0.4, -0.2) is 37.6 Å². The first-order chi connectivity index (χ1) is 13.1. The number of aromatic nitrogens is 1. The third-order valence-corrected chi connectivity index (χ3v) is 4.51. The fourth-order valence-corrected chi connectivity index (χ4v) is 3.06. The van der Waals surface area contributed by atoms with E-state index in [4.69, 9.17) is 14.2 Å². The summed E-state index contributed by atoms with van der Waals surface area (Å²) in [6, 6.07) is 10.6. The number of aromatic hydroxyl groups is 1. The van der Waals surface area contributed by atoms with Gasteiger partial charge in [-0.3, -0.25) is 5.43 Å². The highest BCUT2D eigenvalue weighted by Gasteiger charge is 2.09. The summed E-state index contributed by atoms with van der Waals surface area (Å²) in [5.41, 5.74) is 5.42. The number of methoxy groups -OCH3 is 3. The first kappa shape index (κ1) is 18.5. The van der Waals surface area contributed by atoms with Gasteiger partial charge in [0.25, 0.3) is 0 Å². The zero-order valence-corrected chi connectivity index (χ0v) is 15.9. The van der Waals surface area contributed by atoms with Crippen molar-refractivity contribution in [1.82, 2.24) is 4.98 Å². The van der Waals surface area contributed by atoms with Gasteiger partial charge in [-0.05, 0) is 42.0 Å². The van der Waals surface area contributed by atoms with Gasteiger partial charge < -0.3 is 19.3 Å². The molecule has 2 aromatic carbocycles. The van der Waals surface area contributed by atoms with Crippen LogP contribution in [-0.2, 0) is 0 Å². The Morgan fingerprint density at radius 3 is 2.52 bits per heavy atom. The van der Waals surface area contributed by atoms with Gasteiger partial charge in [0, 0.05) is 10.9 Å². The van der Waals surface area contributed by atoms with Gasteiger partial charge in [0.2, 0.25) is 5.13 Å². The maximum Gasteiger partial charge on any atom is 0.203 e. The van der Waals surface area contributed by atoms with E-state index in [1.165, 1.54) is 18.4 Å². The summed E-state index contributed by atoms with van der Waals surface area (Å²) in [4.78, 5) is 4.52. The average molecular weight is 385 g/mol. The zero-order valence-electron chi connectivity index (χ0n) is 15.1. The molecular formula is C19H19N3O4S. The molecule has 1 heterocycles. The van der Waals surface area contributed by atoms with Crippen molar-refractivity contribution in [2.45, 2.75) is 0 Å². The highest BCUT2D eigenvalue weighted by atomic mass is 32.1. The Labute approximate surface area is 160 Å². The predicted octanol–water partition coefficient (Wildman–Crippen LogP) is 3.99.